The van der Waals surface area contributed by atoms with Gasteiger partial charge in [0.25, 0.3) is 0 Å². The molecular formula is C26H27NO5. The van der Waals surface area contributed by atoms with Gasteiger partial charge in [0, 0.05) is 30.7 Å². The number of esters is 1. The number of hydrogen-bond acceptors (Lipinski definition) is 6. The Hall–Kier alpha value is -3.22. The Labute approximate surface area is 187 Å². The molecule has 0 spiro atoms. The second kappa shape index (κ2) is 10.4. The maximum absolute atomic E-state index is 11.9. The summed E-state index contributed by atoms with van der Waals surface area (Å²) in [5.74, 6) is -0.176. The molecule has 4 rings (SSSR count). The Kier molecular flexibility index (Phi) is 7.14. The van der Waals surface area contributed by atoms with E-state index < -0.39 is 5.97 Å². The van der Waals surface area contributed by atoms with Crippen molar-refractivity contribution in [2.24, 2.45) is 0 Å². The molecule has 6 heteroatoms. The first-order valence-electron chi connectivity index (χ1n) is 10.8. The van der Waals surface area contributed by atoms with Crippen molar-refractivity contribution in [3.05, 3.63) is 77.6 Å². The third kappa shape index (κ3) is 5.52. The number of methoxy groups -OCH3 is 1. The zero-order valence-corrected chi connectivity index (χ0v) is 18.1. The molecular weight excluding hydrogens is 406 g/mol. The monoisotopic (exact) mass is 433 g/mol. The lowest BCUT2D eigenvalue weighted by Gasteiger charge is -2.23. The van der Waals surface area contributed by atoms with Crippen molar-refractivity contribution < 1.29 is 24.1 Å². The van der Waals surface area contributed by atoms with Gasteiger partial charge in [0.15, 0.2) is 6.29 Å². The summed E-state index contributed by atoms with van der Waals surface area (Å²) in [7, 11) is 1.36. The van der Waals surface area contributed by atoms with Crippen LogP contribution in [0, 0.1) is 0 Å². The van der Waals surface area contributed by atoms with Crippen LogP contribution in [0.5, 0.6) is 5.75 Å². The average Bonchev–Trinajstić information content (AvgIpc) is 2.82. The van der Waals surface area contributed by atoms with E-state index >= 15 is 0 Å². The minimum Gasteiger partial charge on any atom is -0.508 e. The first-order valence-corrected chi connectivity index (χ1v) is 10.8. The van der Waals surface area contributed by atoms with Crippen molar-refractivity contribution in [2.75, 3.05) is 20.3 Å². The Morgan fingerprint density at radius 1 is 1.19 bits per heavy atom. The van der Waals surface area contributed by atoms with Gasteiger partial charge in [-0.1, -0.05) is 24.3 Å². The number of nitrogens with zero attached hydrogens (tertiary/aromatic N) is 1. The molecule has 1 N–H and O–H groups in total. The van der Waals surface area contributed by atoms with Crippen LogP contribution in [0.25, 0.3) is 16.3 Å². The number of ether oxygens (including phenoxy) is 3. The van der Waals surface area contributed by atoms with E-state index in [2.05, 4.69) is 4.98 Å². The zero-order valence-electron chi connectivity index (χ0n) is 18.1. The Balaban J connectivity index is 1.51. The highest BCUT2D eigenvalue weighted by molar-refractivity contribution is 5.91. The largest absolute Gasteiger partial charge is 0.508 e. The standard InChI is InChI=1S/C26H27NO5/c1-30-25(29)16-21(17-32-26-4-2-3-13-31-26)19-7-5-18(6-8-19)14-24-23-10-9-22(28)15-20(23)11-12-27-24/h5-12,15-16,26,28H,2-4,13-14,17H2,1H3/b21-16+. The lowest BCUT2D eigenvalue weighted by atomic mass is 10.00. The predicted octanol–water partition coefficient (Wildman–Crippen LogP) is 4.63. The lowest BCUT2D eigenvalue weighted by Crippen LogP contribution is -2.23. The van der Waals surface area contributed by atoms with Crippen LogP contribution in [0.15, 0.2) is 60.8 Å². The number of carbonyl (C=O) groups excluding carboxylic acids is 1. The highest BCUT2D eigenvalue weighted by atomic mass is 16.7. The summed E-state index contributed by atoms with van der Waals surface area (Å²) in [4.78, 5) is 16.4. The minimum absolute atomic E-state index is 0.235. The van der Waals surface area contributed by atoms with Gasteiger partial charge in [0.1, 0.15) is 5.75 Å². The third-order valence-electron chi connectivity index (χ3n) is 5.58. The normalized spacial score (nSPS) is 16.8. The van der Waals surface area contributed by atoms with Crippen molar-refractivity contribution in [2.45, 2.75) is 32.0 Å². The predicted molar refractivity (Wildman–Crippen MR) is 122 cm³/mol. The maximum atomic E-state index is 11.9. The van der Waals surface area contributed by atoms with E-state index in [1.54, 1.807) is 18.3 Å². The van der Waals surface area contributed by atoms with E-state index in [1.807, 2.05) is 36.4 Å². The molecule has 1 unspecified atom stereocenters. The number of fused-ring (bicyclic) bond motifs is 1. The third-order valence-corrected chi connectivity index (χ3v) is 5.58. The second-order valence-corrected chi connectivity index (χ2v) is 7.84. The number of pyridine rings is 1. The van der Waals surface area contributed by atoms with Crippen LogP contribution in [0.4, 0.5) is 0 Å². The molecule has 1 aromatic heterocycles. The Bertz CT molecular complexity index is 1100. The molecule has 2 aromatic carbocycles. The molecule has 0 radical (unpaired) electrons. The summed E-state index contributed by atoms with van der Waals surface area (Å²) < 4.78 is 16.4. The van der Waals surface area contributed by atoms with Gasteiger partial charge in [0.05, 0.1) is 19.4 Å². The van der Waals surface area contributed by atoms with Crippen LogP contribution in [0.1, 0.15) is 36.1 Å². The molecule has 166 valence electrons. The van der Waals surface area contributed by atoms with Crippen LogP contribution < -0.4 is 0 Å². The number of hydrogen-bond donors (Lipinski definition) is 1. The SMILES string of the molecule is COC(=O)/C=C(\COC1CCCCO1)c1ccc(Cc2nccc3cc(O)ccc23)cc1. The number of carbonyl (C=O) groups is 1. The molecule has 0 saturated carbocycles. The molecule has 0 bridgehead atoms. The Morgan fingerprint density at radius 2 is 2.03 bits per heavy atom. The molecule has 2 heterocycles. The molecule has 0 amide bonds. The number of phenols is 1. The molecule has 3 aromatic rings. The van der Waals surface area contributed by atoms with Crippen LogP contribution in [0.3, 0.4) is 0 Å². The van der Waals surface area contributed by atoms with Gasteiger partial charge >= 0.3 is 5.97 Å². The zero-order chi connectivity index (χ0) is 22.3. The van der Waals surface area contributed by atoms with E-state index in [1.165, 1.54) is 13.2 Å². The molecule has 6 nitrogen and oxygen atoms in total. The number of phenolic OH excluding ortho intramolecular Hbond substituents is 1. The molecule has 1 saturated heterocycles. The van der Waals surface area contributed by atoms with Gasteiger partial charge in [-0.2, -0.15) is 0 Å². The van der Waals surface area contributed by atoms with Crippen molar-refractivity contribution in [3.63, 3.8) is 0 Å². The van der Waals surface area contributed by atoms with E-state index in [4.69, 9.17) is 14.2 Å². The Morgan fingerprint density at radius 3 is 2.78 bits per heavy atom. The average molecular weight is 434 g/mol. The quantitative estimate of drug-likeness (QED) is 0.432. The highest BCUT2D eigenvalue weighted by Crippen LogP contribution is 2.25. The van der Waals surface area contributed by atoms with Gasteiger partial charge < -0.3 is 19.3 Å². The van der Waals surface area contributed by atoms with Gasteiger partial charge in [-0.15, -0.1) is 0 Å². The fourth-order valence-electron chi connectivity index (χ4n) is 3.83. The summed E-state index contributed by atoms with van der Waals surface area (Å²) >= 11 is 0. The van der Waals surface area contributed by atoms with Crippen LogP contribution in [-0.4, -0.2) is 42.7 Å². The lowest BCUT2D eigenvalue weighted by molar-refractivity contribution is -0.154. The first kappa shape index (κ1) is 22.0. The molecule has 1 aliphatic heterocycles. The molecule has 1 aliphatic rings. The highest BCUT2D eigenvalue weighted by Gasteiger charge is 2.16. The van der Waals surface area contributed by atoms with Crippen LogP contribution >= 0.6 is 0 Å². The van der Waals surface area contributed by atoms with E-state index in [-0.39, 0.29) is 18.6 Å². The summed E-state index contributed by atoms with van der Waals surface area (Å²) in [5, 5.41) is 11.7. The molecule has 1 fully saturated rings. The summed E-state index contributed by atoms with van der Waals surface area (Å²) in [6.45, 7) is 0.977. The van der Waals surface area contributed by atoms with Crippen LogP contribution in [0.2, 0.25) is 0 Å². The van der Waals surface area contributed by atoms with Crippen molar-refractivity contribution in [1.29, 1.82) is 0 Å². The van der Waals surface area contributed by atoms with Gasteiger partial charge in [-0.05, 0) is 65.6 Å². The second-order valence-electron chi connectivity index (χ2n) is 7.84. The van der Waals surface area contributed by atoms with Gasteiger partial charge in [-0.3, -0.25) is 4.98 Å². The van der Waals surface area contributed by atoms with Crippen molar-refractivity contribution in [1.82, 2.24) is 4.98 Å². The fraction of sp³-hybridized carbons (Fsp3) is 0.308. The summed E-state index contributed by atoms with van der Waals surface area (Å²) in [6, 6.07) is 15.2. The summed E-state index contributed by atoms with van der Waals surface area (Å²) in [5.41, 5.74) is 3.68. The molecule has 1 atom stereocenters. The smallest absolute Gasteiger partial charge is 0.330 e. The maximum Gasteiger partial charge on any atom is 0.330 e. The van der Waals surface area contributed by atoms with Gasteiger partial charge in [-0.25, -0.2) is 4.79 Å². The van der Waals surface area contributed by atoms with Crippen molar-refractivity contribution >= 4 is 22.3 Å². The fourth-order valence-corrected chi connectivity index (χ4v) is 3.83. The van der Waals surface area contributed by atoms with E-state index in [0.717, 1.165) is 52.4 Å². The first-order chi connectivity index (χ1) is 15.6. The summed E-state index contributed by atoms with van der Waals surface area (Å²) in [6.07, 6.45) is 6.64. The molecule has 32 heavy (non-hydrogen) atoms. The van der Waals surface area contributed by atoms with Crippen molar-refractivity contribution in [3.8, 4) is 5.75 Å². The van der Waals surface area contributed by atoms with E-state index in [9.17, 15) is 9.90 Å². The van der Waals surface area contributed by atoms with Gasteiger partial charge in [0.2, 0.25) is 0 Å². The van der Waals surface area contributed by atoms with Crippen LogP contribution in [-0.2, 0) is 25.4 Å². The number of rotatable bonds is 7. The molecule has 0 aliphatic carbocycles. The van der Waals surface area contributed by atoms with E-state index in [0.29, 0.717) is 13.0 Å². The number of benzene rings is 2. The topological polar surface area (TPSA) is 77.9 Å². The number of aromatic hydroxyl groups is 1. The minimum atomic E-state index is -0.416. The number of aromatic nitrogens is 1.